The zero-order valence-corrected chi connectivity index (χ0v) is 11.8. The molecular formula is C12H24INO. The first-order chi connectivity index (χ1) is 7.43. The van der Waals surface area contributed by atoms with E-state index in [1.165, 1.54) is 56.0 Å². The molecule has 0 aromatic heterocycles. The number of hydrogen-bond donors (Lipinski definition) is 1. The van der Waals surface area contributed by atoms with Crippen LogP contribution >= 0.6 is 22.6 Å². The van der Waals surface area contributed by atoms with Gasteiger partial charge in [0.1, 0.15) is 0 Å². The summed E-state index contributed by atoms with van der Waals surface area (Å²) in [5, 5.41) is 3.57. The molecule has 90 valence electrons. The second-order valence-electron chi connectivity index (χ2n) is 4.36. The molecule has 2 nitrogen and oxygen atoms in total. The molecule has 1 N–H and O–H groups in total. The van der Waals surface area contributed by atoms with Crippen LogP contribution in [0.3, 0.4) is 0 Å². The van der Waals surface area contributed by atoms with E-state index in [1.807, 2.05) is 0 Å². The van der Waals surface area contributed by atoms with Crippen molar-refractivity contribution in [3.63, 3.8) is 0 Å². The van der Waals surface area contributed by atoms with Crippen LogP contribution in [0.5, 0.6) is 0 Å². The van der Waals surface area contributed by atoms with Crippen LogP contribution in [-0.4, -0.2) is 30.7 Å². The van der Waals surface area contributed by atoms with Crippen molar-refractivity contribution in [3.05, 3.63) is 0 Å². The third kappa shape index (κ3) is 7.53. The van der Waals surface area contributed by atoms with E-state index < -0.39 is 0 Å². The molecule has 1 fully saturated rings. The molecule has 0 aromatic rings. The molecule has 0 unspecified atom stereocenters. The molecular weight excluding hydrogens is 301 g/mol. The highest BCUT2D eigenvalue weighted by atomic mass is 127. The highest BCUT2D eigenvalue weighted by Gasteiger charge is 2.12. The Kier molecular flexibility index (Phi) is 9.00. The van der Waals surface area contributed by atoms with Crippen molar-refractivity contribution in [2.45, 2.75) is 38.5 Å². The first kappa shape index (κ1) is 13.7. The maximum atomic E-state index is 5.34. The van der Waals surface area contributed by atoms with Gasteiger partial charge in [-0.2, -0.15) is 0 Å². The number of rotatable bonds is 8. The molecule has 0 saturated carbocycles. The van der Waals surface area contributed by atoms with Crippen LogP contribution in [0, 0.1) is 5.92 Å². The van der Waals surface area contributed by atoms with Gasteiger partial charge in [0.2, 0.25) is 0 Å². The van der Waals surface area contributed by atoms with E-state index in [-0.39, 0.29) is 0 Å². The van der Waals surface area contributed by atoms with Crippen molar-refractivity contribution in [2.75, 3.05) is 30.7 Å². The molecule has 0 aromatic carbocycles. The Bertz CT molecular complexity index is 138. The molecule has 3 heteroatoms. The van der Waals surface area contributed by atoms with Gasteiger partial charge >= 0.3 is 0 Å². The first-order valence-electron chi connectivity index (χ1n) is 6.28. The lowest BCUT2D eigenvalue weighted by atomic mass is 10.0. The standard InChI is InChI=1S/C12H24INO/c13-7-3-1-2-4-8-14-11-12-5-9-15-10-6-12/h12,14H,1-11H2. The van der Waals surface area contributed by atoms with Gasteiger partial charge in [0.05, 0.1) is 0 Å². The summed E-state index contributed by atoms with van der Waals surface area (Å²) in [5.74, 6) is 0.869. The minimum Gasteiger partial charge on any atom is -0.381 e. The first-order valence-corrected chi connectivity index (χ1v) is 7.80. The summed E-state index contributed by atoms with van der Waals surface area (Å²) in [4.78, 5) is 0. The molecule has 0 spiro atoms. The molecule has 1 rings (SSSR count). The van der Waals surface area contributed by atoms with Gasteiger partial charge < -0.3 is 10.1 Å². The summed E-state index contributed by atoms with van der Waals surface area (Å²) < 4.78 is 6.66. The maximum absolute atomic E-state index is 5.34. The molecule has 1 saturated heterocycles. The van der Waals surface area contributed by atoms with Gasteiger partial charge in [0, 0.05) is 13.2 Å². The number of hydrogen-bond acceptors (Lipinski definition) is 2. The van der Waals surface area contributed by atoms with Crippen LogP contribution in [-0.2, 0) is 4.74 Å². The quantitative estimate of drug-likeness (QED) is 0.421. The third-order valence-electron chi connectivity index (χ3n) is 3.01. The van der Waals surface area contributed by atoms with Gasteiger partial charge in [-0.25, -0.2) is 0 Å². The topological polar surface area (TPSA) is 21.3 Å². The van der Waals surface area contributed by atoms with Crippen molar-refractivity contribution >= 4 is 22.6 Å². The average molecular weight is 325 g/mol. The number of alkyl halides is 1. The van der Waals surface area contributed by atoms with Crippen molar-refractivity contribution in [3.8, 4) is 0 Å². The number of nitrogens with one attached hydrogen (secondary N) is 1. The molecule has 0 aliphatic carbocycles. The van der Waals surface area contributed by atoms with E-state index in [4.69, 9.17) is 4.74 Å². The van der Waals surface area contributed by atoms with E-state index in [9.17, 15) is 0 Å². The lowest BCUT2D eigenvalue weighted by Gasteiger charge is -2.22. The van der Waals surface area contributed by atoms with Crippen molar-refractivity contribution in [1.29, 1.82) is 0 Å². The predicted molar refractivity (Wildman–Crippen MR) is 73.8 cm³/mol. The number of unbranched alkanes of at least 4 members (excludes halogenated alkanes) is 3. The van der Waals surface area contributed by atoms with Gasteiger partial charge in [-0.1, -0.05) is 35.4 Å². The van der Waals surface area contributed by atoms with Crippen molar-refractivity contribution in [2.24, 2.45) is 5.92 Å². The maximum Gasteiger partial charge on any atom is 0.0469 e. The number of ether oxygens (including phenoxy) is 1. The van der Waals surface area contributed by atoms with Crippen LogP contribution in [0.1, 0.15) is 38.5 Å². The fourth-order valence-corrected chi connectivity index (χ4v) is 2.49. The molecule has 1 heterocycles. The molecule has 1 aliphatic rings. The largest absolute Gasteiger partial charge is 0.381 e. The van der Waals surface area contributed by atoms with Crippen LogP contribution < -0.4 is 5.32 Å². The highest BCUT2D eigenvalue weighted by molar-refractivity contribution is 14.1. The summed E-state index contributed by atoms with van der Waals surface area (Å²) >= 11 is 2.46. The summed E-state index contributed by atoms with van der Waals surface area (Å²) in [5.41, 5.74) is 0. The normalized spacial score (nSPS) is 18.2. The van der Waals surface area contributed by atoms with Crippen molar-refractivity contribution in [1.82, 2.24) is 5.32 Å². The van der Waals surface area contributed by atoms with Crippen LogP contribution in [0.15, 0.2) is 0 Å². The Labute approximate surface area is 108 Å². The second-order valence-corrected chi connectivity index (χ2v) is 5.44. The van der Waals surface area contributed by atoms with Gasteiger partial charge in [-0.05, 0) is 49.1 Å². The lowest BCUT2D eigenvalue weighted by Crippen LogP contribution is -2.28. The highest BCUT2D eigenvalue weighted by Crippen LogP contribution is 2.13. The zero-order chi connectivity index (χ0) is 10.8. The zero-order valence-electron chi connectivity index (χ0n) is 9.64. The SMILES string of the molecule is ICCCCCCNCC1CCOCC1. The molecule has 0 radical (unpaired) electrons. The Balaban J connectivity index is 1.79. The minimum absolute atomic E-state index is 0.869. The molecule has 0 atom stereocenters. The van der Waals surface area contributed by atoms with Gasteiger partial charge in [0.15, 0.2) is 0 Å². The lowest BCUT2D eigenvalue weighted by molar-refractivity contribution is 0.0663. The number of halogens is 1. The predicted octanol–water partition coefficient (Wildman–Crippen LogP) is 3.00. The van der Waals surface area contributed by atoms with Crippen molar-refractivity contribution < 1.29 is 4.74 Å². The average Bonchev–Trinajstić information content (AvgIpc) is 2.29. The van der Waals surface area contributed by atoms with E-state index in [0.717, 1.165) is 19.1 Å². The Morgan fingerprint density at radius 2 is 1.80 bits per heavy atom. The molecule has 0 amide bonds. The van der Waals surface area contributed by atoms with Crippen LogP contribution in [0.4, 0.5) is 0 Å². The smallest absolute Gasteiger partial charge is 0.0469 e. The van der Waals surface area contributed by atoms with Gasteiger partial charge in [0.25, 0.3) is 0 Å². The third-order valence-corrected chi connectivity index (χ3v) is 3.77. The Morgan fingerprint density at radius 3 is 2.53 bits per heavy atom. The van der Waals surface area contributed by atoms with E-state index >= 15 is 0 Å². The Hall–Kier alpha value is 0.650. The van der Waals surface area contributed by atoms with Gasteiger partial charge in [-0.3, -0.25) is 0 Å². The molecule has 1 aliphatic heterocycles. The van der Waals surface area contributed by atoms with Crippen LogP contribution in [0.25, 0.3) is 0 Å². The monoisotopic (exact) mass is 325 g/mol. The summed E-state index contributed by atoms with van der Waals surface area (Å²) in [6.45, 7) is 4.36. The Morgan fingerprint density at radius 1 is 1.07 bits per heavy atom. The fraction of sp³-hybridized carbons (Fsp3) is 1.00. The minimum atomic E-state index is 0.869. The van der Waals surface area contributed by atoms with E-state index in [1.54, 1.807) is 0 Å². The summed E-state index contributed by atoms with van der Waals surface area (Å²) in [6.07, 6.45) is 8.04. The van der Waals surface area contributed by atoms with Gasteiger partial charge in [-0.15, -0.1) is 0 Å². The van der Waals surface area contributed by atoms with E-state index in [2.05, 4.69) is 27.9 Å². The second kappa shape index (κ2) is 9.85. The molecule has 0 bridgehead atoms. The summed E-state index contributed by atoms with van der Waals surface area (Å²) in [6, 6.07) is 0. The fourth-order valence-electron chi connectivity index (χ4n) is 1.95. The summed E-state index contributed by atoms with van der Waals surface area (Å²) in [7, 11) is 0. The molecule has 15 heavy (non-hydrogen) atoms. The van der Waals surface area contributed by atoms with Crippen LogP contribution in [0.2, 0.25) is 0 Å². The van der Waals surface area contributed by atoms with E-state index in [0.29, 0.717) is 0 Å².